The summed E-state index contributed by atoms with van der Waals surface area (Å²) < 4.78 is 5.67. The molecule has 0 saturated carbocycles. The Bertz CT molecular complexity index is 629. The van der Waals surface area contributed by atoms with Crippen molar-refractivity contribution < 1.29 is 4.74 Å². The molecule has 0 amide bonds. The lowest BCUT2D eigenvalue weighted by Gasteiger charge is -2.10. The fraction of sp³-hybridized carbons (Fsp3) is 0.143. The largest absolute Gasteiger partial charge is 0.439 e. The van der Waals surface area contributed by atoms with Crippen molar-refractivity contribution >= 4 is 5.69 Å². The third kappa shape index (κ3) is 2.25. The summed E-state index contributed by atoms with van der Waals surface area (Å²) in [6.45, 7) is 3.99. The van der Waals surface area contributed by atoms with E-state index in [1.165, 1.54) is 0 Å². The Morgan fingerprint density at radius 3 is 2.72 bits per heavy atom. The van der Waals surface area contributed by atoms with Crippen LogP contribution in [0.25, 0.3) is 0 Å². The van der Waals surface area contributed by atoms with E-state index in [-0.39, 0.29) is 5.69 Å². The molecule has 1 aromatic carbocycles. The molecule has 0 atom stereocenters. The molecule has 0 bridgehead atoms. The number of benzene rings is 1. The molecule has 0 spiro atoms. The van der Waals surface area contributed by atoms with Gasteiger partial charge in [-0.1, -0.05) is 12.1 Å². The molecular formula is C14H13N3O. The normalized spacial score (nSPS) is 9.83. The SMILES string of the molecule is Cc1cccc(Oc2ccc(N)c(C#N)n2)c1C. The highest BCUT2D eigenvalue weighted by Gasteiger charge is 2.06. The van der Waals surface area contributed by atoms with E-state index in [1.54, 1.807) is 12.1 Å². The number of nitrogen functional groups attached to an aromatic ring is 1. The first-order valence-corrected chi connectivity index (χ1v) is 5.52. The van der Waals surface area contributed by atoms with Gasteiger partial charge in [0.25, 0.3) is 0 Å². The van der Waals surface area contributed by atoms with Gasteiger partial charge in [-0.3, -0.25) is 0 Å². The highest BCUT2D eigenvalue weighted by molar-refractivity contribution is 5.51. The molecule has 0 fully saturated rings. The lowest BCUT2D eigenvalue weighted by molar-refractivity contribution is 0.458. The van der Waals surface area contributed by atoms with Crippen molar-refractivity contribution in [3.63, 3.8) is 0 Å². The van der Waals surface area contributed by atoms with Gasteiger partial charge < -0.3 is 10.5 Å². The molecule has 2 rings (SSSR count). The van der Waals surface area contributed by atoms with Crippen LogP contribution in [0.5, 0.6) is 11.6 Å². The van der Waals surface area contributed by atoms with Gasteiger partial charge in [-0.25, -0.2) is 4.98 Å². The van der Waals surface area contributed by atoms with Crippen molar-refractivity contribution in [2.75, 3.05) is 5.73 Å². The molecule has 1 aromatic heterocycles. The van der Waals surface area contributed by atoms with Crippen LogP contribution in [0.1, 0.15) is 16.8 Å². The Morgan fingerprint density at radius 2 is 2.00 bits per heavy atom. The van der Waals surface area contributed by atoms with Gasteiger partial charge in [0.05, 0.1) is 5.69 Å². The topological polar surface area (TPSA) is 71.9 Å². The van der Waals surface area contributed by atoms with Crippen molar-refractivity contribution in [3.05, 3.63) is 47.2 Å². The summed E-state index contributed by atoms with van der Waals surface area (Å²) in [7, 11) is 0. The maximum Gasteiger partial charge on any atom is 0.220 e. The van der Waals surface area contributed by atoms with Crippen molar-refractivity contribution in [2.24, 2.45) is 0 Å². The molecule has 1 heterocycles. The van der Waals surface area contributed by atoms with Crippen LogP contribution in [-0.4, -0.2) is 4.98 Å². The lowest BCUT2D eigenvalue weighted by Crippen LogP contribution is -1.97. The van der Waals surface area contributed by atoms with Crippen LogP contribution in [-0.2, 0) is 0 Å². The summed E-state index contributed by atoms with van der Waals surface area (Å²) >= 11 is 0. The Labute approximate surface area is 106 Å². The van der Waals surface area contributed by atoms with E-state index >= 15 is 0 Å². The first-order chi connectivity index (χ1) is 8.61. The number of aryl methyl sites for hydroxylation is 1. The highest BCUT2D eigenvalue weighted by atomic mass is 16.5. The Kier molecular flexibility index (Phi) is 3.16. The van der Waals surface area contributed by atoms with Gasteiger partial charge in [0, 0.05) is 6.07 Å². The molecule has 4 heteroatoms. The summed E-state index contributed by atoms with van der Waals surface area (Å²) in [5, 5.41) is 8.86. The summed E-state index contributed by atoms with van der Waals surface area (Å²) in [6.07, 6.45) is 0. The molecule has 0 aliphatic rings. The molecule has 0 aliphatic heterocycles. The van der Waals surface area contributed by atoms with Crippen LogP contribution >= 0.6 is 0 Å². The number of pyridine rings is 1. The number of hydrogen-bond donors (Lipinski definition) is 1. The molecule has 0 aliphatic carbocycles. The van der Waals surface area contributed by atoms with Crippen LogP contribution in [0.4, 0.5) is 5.69 Å². The summed E-state index contributed by atoms with van der Waals surface area (Å²) in [4.78, 5) is 4.05. The van der Waals surface area contributed by atoms with E-state index in [2.05, 4.69) is 4.98 Å². The predicted octanol–water partition coefficient (Wildman–Crippen LogP) is 2.94. The number of ether oxygens (including phenoxy) is 1. The molecule has 18 heavy (non-hydrogen) atoms. The van der Waals surface area contributed by atoms with E-state index in [0.29, 0.717) is 11.6 Å². The van der Waals surface area contributed by atoms with Crippen LogP contribution in [0.15, 0.2) is 30.3 Å². The highest BCUT2D eigenvalue weighted by Crippen LogP contribution is 2.26. The molecule has 2 N–H and O–H groups in total. The zero-order valence-corrected chi connectivity index (χ0v) is 10.3. The smallest absolute Gasteiger partial charge is 0.220 e. The van der Waals surface area contributed by atoms with Gasteiger partial charge >= 0.3 is 0 Å². The number of nitriles is 1. The number of hydrogen-bond acceptors (Lipinski definition) is 4. The van der Waals surface area contributed by atoms with Gasteiger partial charge in [-0.2, -0.15) is 5.26 Å². The van der Waals surface area contributed by atoms with E-state index in [1.807, 2.05) is 38.1 Å². The van der Waals surface area contributed by atoms with Crippen LogP contribution in [0, 0.1) is 25.2 Å². The summed E-state index contributed by atoms with van der Waals surface area (Å²) in [5.41, 5.74) is 8.33. The van der Waals surface area contributed by atoms with Crippen molar-refractivity contribution in [1.29, 1.82) is 5.26 Å². The second-order valence-electron chi connectivity index (χ2n) is 4.00. The Balaban J connectivity index is 2.35. The predicted molar refractivity (Wildman–Crippen MR) is 69.4 cm³/mol. The first-order valence-electron chi connectivity index (χ1n) is 5.52. The summed E-state index contributed by atoms with van der Waals surface area (Å²) in [6, 6.07) is 11.0. The van der Waals surface area contributed by atoms with Gasteiger partial charge in [0.2, 0.25) is 5.88 Å². The molecule has 2 aromatic rings. The monoisotopic (exact) mass is 239 g/mol. The number of anilines is 1. The number of nitrogens with zero attached hydrogens (tertiary/aromatic N) is 2. The average molecular weight is 239 g/mol. The molecule has 0 radical (unpaired) electrons. The Hall–Kier alpha value is -2.54. The van der Waals surface area contributed by atoms with Gasteiger partial charge in [-0.05, 0) is 37.1 Å². The van der Waals surface area contributed by atoms with Crippen molar-refractivity contribution in [1.82, 2.24) is 4.98 Å². The second-order valence-corrected chi connectivity index (χ2v) is 4.00. The Morgan fingerprint density at radius 1 is 1.22 bits per heavy atom. The standard InChI is InChI=1S/C14H13N3O/c1-9-4-3-5-13(10(9)2)18-14-7-6-11(16)12(8-15)17-14/h3-7H,16H2,1-2H3. The maximum absolute atomic E-state index is 8.86. The zero-order valence-electron chi connectivity index (χ0n) is 10.3. The first kappa shape index (κ1) is 11.9. The molecule has 0 unspecified atom stereocenters. The molecule has 90 valence electrons. The van der Waals surface area contributed by atoms with Crippen molar-refractivity contribution in [2.45, 2.75) is 13.8 Å². The molecule has 0 saturated heterocycles. The van der Waals surface area contributed by atoms with E-state index in [4.69, 9.17) is 15.7 Å². The number of rotatable bonds is 2. The average Bonchev–Trinajstić information content (AvgIpc) is 2.37. The quantitative estimate of drug-likeness (QED) is 0.874. The minimum Gasteiger partial charge on any atom is -0.439 e. The van der Waals surface area contributed by atoms with E-state index < -0.39 is 0 Å². The van der Waals surface area contributed by atoms with E-state index in [0.717, 1.165) is 16.9 Å². The van der Waals surface area contributed by atoms with E-state index in [9.17, 15) is 0 Å². The van der Waals surface area contributed by atoms with Crippen LogP contribution in [0.3, 0.4) is 0 Å². The lowest BCUT2D eigenvalue weighted by atomic mass is 10.1. The number of nitrogens with two attached hydrogens (primary N) is 1. The number of aromatic nitrogens is 1. The fourth-order valence-corrected chi connectivity index (χ4v) is 1.55. The zero-order chi connectivity index (χ0) is 13.1. The van der Waals surface area contributed by atoms with Crippen LogP contribution in [0.2, 0.25) is 0 Å². The second kappa shape index (κ2) is 4.76. The maximum atomic E-state index is 8.86. The fourth-order valence-electron chi connectivity index (χ4n) is 1.55. The van der Waals surface area contributed by atoms with Crippen LogP contribution < -0.4 is 10.5 Å². The minimum absolute atomic E-state index is 0.179. The van der Waals surface area contributed by atoms with Gasteiger partial charge in [-0.15, -0.1) is 0 Å². The third-order valence-corrected chi connectivity index (χ3v) is 2.78. The third-order valence-electron chi connectivity index (χ3n) is 2.78. The summed E-state index contributed by atoms with van der Waals surface area (Å²) in [5.74, 6) is 1.10. The molecule has 4 nitrogen and oxygen atoms in total. The molecular weight excluding hydrogens is 226 g/mol. The van der Waals surface area contributed by atoms with Gasteiger partial charge in [0.1, 0.15) is 11.8 Å². The minimum atomic E-state index is 0.179. The van der Waals surface area contributed by atoms with Crippen molar-refractivity contribution in [3.8, 4) is 17.7 Å². The van der Waals surface area contributed by atoms with Gasteiger partial charge in [0.15, 0.2) is 5.69 Å².